The molecule has 1 aromatic rings. The van der Waals surface area contributed by atoms with Gasteiger partial charge >= 0.3 is 0 Å². The normalized spacial score (nSPS) is 11.7. The Balaban J connectivity index is 2.25. The Kier molecular flexibility index (Phi) is 12.9. The van der Waals surface area contributed by atoms with Crippen molar-refractivity contribution in [3.05, 3.63) is 27.7 Å². The van der Waals surface area contributed by atoms with E-state index >= 15 is 0 Å². The predicted octanol–water partition coefficient (Wildman–Crippen LogP) is 7.57. The van der Waals surface area contributed by atoms with Crippen molar-refractivity contribution in [3.63, 3.8) is 0 Å². The Morgan fingerprint density at radius 3 is 2.00 bits per heavy atom. The minimum Gasteiger partial charge on any atom is -0.485 e. The average molecular weight is 445 g/mol. The summed E-state index contributed by atoms with van der Waals surface area (Å²) in [6.07, 6.45) is 13.5. The van der Waals surface area contributed by atoms with Crippen molar-refractivity contribution in [2.45, 2.75) is 78.1 Å². The van der Waals surface area contributed by atoms with Gasteiger partial charge in [-0.05, 0) is 31.9 Å². The van der Waals surface area contributed by atoms with Crippen LogP contribution in [0, 0.1) is 0 Å². The third kappa shape index (κ3) is 11.3. The SMILES string of the molecule is CCCCCCCCCCCC[N+](C)(C)CCOc1c(Cl)cc(Cl)cc1C(C)=O. The maximum Gasteiger partial charge on any atom is 0.163 e. The Morgan fingerprint density at radius 1 is 0.897 bits per heavy atom. The van der Waals surface area contributed by atoms with Crippen molar-refractivity contribution < 1.29 is 14.0 Å². The molecule has 0 spiro atoms. The molecule has 0 aromatic heterocycles. The number of halogens is 2. The number of ether oxygens (including phenoxy) is 1. The van der Waals surface area contributed by atoms with Crippen LogP contribution >= 0.6 is 23.2 Å². The average Bonchev–Trinajstić information content (AvgIpc) is 2.64. The van der Waals surface area contributed by atoms with Crippen molar-refractivity contribution in [3.8, 4) is 5.75 Å². The minimum atomic E-state index is -0.0940. The molecule has 0 aliphatic carbocycles. The van der Waals surface area contributed by atoms with E-state index in [0.717, 1.165) is 17.6 Å². The number of Topliss-reactive ketones (excluding diaryl/α,β-unsaturated/α-hetero) is 1. The second-order valence-corrected chi connectivity index (χ2v) is 9.58. The molecule has 0 amide bonds. The summed E-state index contributed by atoms with van der Waals surface area (Å²) in [6.45, 7) is 6.29. The Morgan fingerprint density at radius 2 is 1.45 bits per heavy atom. The first-order valence-corrected chi connectivity index (χ1v) is 12.0. The molecule has 0 unspecified atom stereocenters. The van der Waals surface area contributed by atoms with Gasteiger partial charge in [-0.15, -0.1) is 0 Å². The molecule has 0 saturated heterocycles. The number of hydrogen-bond donors (Lipinski definition) is 0. The van der Waals surface area contributed by atoms with Crippen molar-refractivity contribution in [2.24, 2.45) is 0 Å². The molecule has 0 bridgehead atoms. The van der Waals surface area contributed by atoms with Crippen molar-refractivity contribution in [1.29, 1.82) is 0 Å². The lowest BCUT2D eigenvalue weighted by atomic mass is 10.1. The number of nitrogens with zero attached hydrogens (tertiary/aromatic N) is 1. The Hall–Kier alpha value is -0.770. The second-order valence-electron chi connectivity index (χ2n) is 8.73. The van der Waals surface area contributed by atoms with Crippen molar-refractivity contribution >= 4 is 29.0 Å². The molecule has 0 radical (unpaired) electrons. The third-order valence-electron chi connectivity index (χ3n) is 5.45. The first kappa shape index (κ1) is 26.3. The van der Waals surface area contributed by atoms with E-state index in [2.05, 4.69) is 21.0 Å². The fourth-order valence-electron chi connectivity index (χ4n) is 3.50. The largest absolute Gasteiger partial charge is 0.485 e. The molecule has 1 aromatic carbocycles. The van der Waals surface area contributed by atoms with Gasteiger partial charge in [-0.2, -0.15) is 0 Å². The van der Waals surface area contributed by atoms with Crippen LogP contribution < -0.4 is 4.74 Å². The van der Waals surface area contributed by atoms with Crippen LogP contribution in [0.2, 0.25) is 10.0 Å². The van der Waals surface area contributed by atoms with E-state index in [-0.39, 0.29) is 5.78 Å². The molecule has 166 valence electrons. The highest BCUT2D eigenvalue weighted by molar-refractivity contribution is 6.36. The number of hydrogen-bond acceptors (Lipinski definition) is 2. The van der Waals surface area contributed by atoms with Gasteiger partial charge in [0.1, 0.15) is 18.9 Å². The van der Waals surface area contributed by atoms with Crippen molar-refractivity contribution in [2.75, 3.05) is 33.8 Å². The molecule has 29 heavy (non-hydrogen) atoms. The summed E-state index contributed by atoms with van der Waals surface area (Å²) >= 11 is 12.2. The predicted molar refractivity (Wildman–Crippen MR) is 126 cm³/mol. The zero-order valence-corrected chi connectivity index (χ0v) is 20.4. The maximum atomic E-state index is 11.8. The fourth-order valence-corrected chi connectivity index (χ4v) is 4.05. The second kappa shape index (κ2) is 14.3. The molecule has 0 heterocycles. The molecule has 0 aliphatic rings. The number of rotatable bonds is 16. The quantitative estimate of drug-likeness (QED) is 0.149. The smallest absolute Gasteiger partial charge is 0.163 e. The monoisotopic (exact) mass is 444 g/mol. The summed E-state index contributed by atoms with van der Waals surface area (Å²) in [4.78, 5) is 11.8. The summed E-state index contributed by atoms with van der Waals surface area (Å²) in [6, 6.07) is 3.24. The number of ketones is 1. The fraction of sp³-hybridized carbons (Fsp3) is 0.708. The van der Waals surface area contributed by atoms with Gasteiger partial charge in [-0.25, -0.2) is 0 Å². The lowest BCUT2D eigenvalue weighted by Gasteiger charge is -2.30. The standard InChI is InChI=1S/C24H40Cl2NO2/c1-5-6-7-8-9-10-11-12-13-14-15-27(3,4)16-17-29-24-22(20(2)28)18-21(25)19-23(24)26/h18-19H,5-17H2,1-4H3/q+1. The topological polar surface area (TPSA) is 26.3 Å². The Bertz CT molecular complexity index is 617. The molecule has 0 saturated carbocycles. The number of unbranched alkanes of at least 4 members (excludes halogenated alkanes) is 9. The molecular weight excluding hydrogens is 405 g/mol. The highest BCUT2D eigenvalue weighted by Gasteiger charge is 2.18. The highest BCUT2D eigenvalue weighted by atomic mass is 35.5. The van der Waals surface area contributed by atoms with Crippen LogP contribution in [0.5, 0.6) is 5.75 Å². The van der Waals surface area contributed by atoms with Crippen LogP contribution in [0.3, 0.4) is 0 Å². The molecule has 0 fully saturated rings. The first-order valence-electron chi connectivity index (χ1n) is 11.2. The number of carbonyl (C=O) groups is 1. The molecule has 0 aliphatic heterocycles. The van der Waals surface area contributed by atoms with Crippen LogP contribution in [0.25, 0.3) is 0 Å². The van der Waals surface area contributed by atoms with E-state index in [4.69, 9.17) is 27.9 Å². The van der Waals surface area contributed by atoms with E-state index in [1.165, 1.54) is 71.1 Å². The zero-order valence-electron chi connectivity index (χ0n) is 18.9. The van der Waals surface area contributed by atoms with Gasteiger partial charge in [0.15, 0.2) is 5.78 Å². The van der Waals surface area contributed by atoms with Crippen LogP contribution in [-0.2, 0) is 0 Å². The molecule has 0 atom stereocenters. The number of benzene rings is 1. The van der Waals surface area contributed by atoms with Gasteiger partial charge in [-0.1, -0.05) is 81.5 Å². The van der Waals surface area contributed by atoms with Crippen LogP contribution in [0.1, 0.15) is 88.4 Å². The van der Waals surface area contributed by atoms with Gasteiger partial charge in [-0.3, -0.25) is 4.79 Å². The van der Waals surface area contributed by atoms with Gasteiger partial charge < -0.3 is 9.22 Å². The summed E-state index contributed by atoms with van der Waals surface area (Å²) in [5.41, 5.74) is 0.447. The molecule has 5 heteroatoms. The summed E-state index contributed by atoms with van der Waals surface area (Å²) in [5.74, 6) is 0.353. The van der Waals surface area contributed by atoms with E-state index < -0.39 is 0 Å². The van der Waals surface area contributed by atoms with E-state index in [9.17, 15) is 4.79 Å². The van der Waals surface area contributed by atoms with Gasteiger partial charge in [0.25, 0.3) is 0 Å². The number of quaternary nitrogens is 1. The van der Waals surface area contributed by atoms with E-state index in [1.54, 1.807) is 12.1 Å². The van der Waals surface area contributed by atoms with Gasteiger partial charge in [0, 0.05) is 5.02 Å². The summed E-state index contributed by atoms with van der Waals surface area (Å²) in [5, 5.41) is 0.840. The minimum absolute atomic E-state index is 0.0940. The van der Waals surface area contributed by atoms with Crippen LogP contribution in [-0.4, -0.2) is 44.1 Å². The van der Waals surface area contributed by atoms with Gasteiger partial charge in [0.05, 0.1) is 31.2 Å². The number of likely N-dealkylation sites (N-methyl/N-ethyl adjacent to an activating group) is 1. The molecular formula is C24H40Cl2NO2+. The third-order valence-corrected chi connectivity index (χ3v) is 5.95. The lowest BCUT2D eigenvalue weighted by molar-refractivity contribution is -0.890. The maximum absolute atomic E-state index is 11.8. The number of carbonyl (C=O) groups excluding carboxylic acids is 1. The zero-order chi connectivity index (χ0) is 21.7. The first-order chi connectivity index (χ1) is 13.8. The lowest BCUT2D eigenvalue weighted by Crippen LogP contribution is -2.43. The van der Waals surface area contributed by atoms with Crippen LogP contribution in [0.15, 0.2) is 12.1 Å². The summed E-state index contributed by atoms with van der Waals surface area (Å²) in [7, 11) is 4.46. The molecule has 3 nitrogen and oxygen atoms in total. The van der Waals surface area contributed by atoms with E-state index in [1.807, 2.05) is 0 Å². The van der Waals surface area contributed by atoms with Crippen molar-refractivity contribution in [1.82, 2.24) is 0 Å². The van der Waals surface area contributed by atoms with Crippen LogP contribution in [0.4, 0.5) is 0 Å². The molecule has 1 rings (SSSR count). The highest BCUT2D eigenvalue weighted by Crippen LogP contribution is 2.32. The summed E-state index contributed by atoms with van der Waals surface area (Å²) < 4.78 is 6.79. The Labute approximate surface area is 188 Å². The van der Waals surface area contributed by atoms with Gasteiger partial charge in [0.2, 0.25) is 0 Å². The van der Waals surface area contributed by atoms with E-state index in [0.29, 0.717) is 28.0 Å². The molecule has 0 N–H and O–H groups in total.